The molecule has 2 rings (SSSR count). The fourth-order valence-corrected chi connectivity index (χ4v) is 2.46. The Hall–Kier alpha value is -1.94. The lowest BCUT2D eigenvalue weighted by Gasteiger charge is -2.26. The van der Waals surface area contributed by atoms with Crippen LogP contribution >= 0.6 is 11.6 Å². The summed E-state index contributed by atoms with van der Waals surface area (Å²) >= 11 is 5.82. The number of rotatable bonds is 5. The number of carbonyl (C=O) groups excluding carboxylic acids is 1. The van der Waals surface area contributed by atoms with E-state index in [-0.39, 0.29) is 11.5 Å². The minimum Gasteiger partial charge on any atom is -0.339 e. The zero-order valence-corrected chi connectivity index (χ0v) is 13.8. The van der Waals surface area contributed by atoms with Crippen molar-refractivity contribution in [1.29, 1.82) is 0 Å². The molecule has 23 heavy (non-hydrogen) atoms. The third-order valence-electron chi connectivity index (χ3n) is 3.92. The average molecular weight is 338 g/mol. The summed E-state index contributed by atoms with van der Waals surface area (Å²) in [4.78, 5) is 13.7. The van der Waals surface area contributed by atoms with E-state index in [1.54, 1.807) is 26.1 Å². The van der Waals surface area contributed by atoms with Crippen molar-refractivity contribution in [1.82, 2.24) is 4.90 Å². The van der Waals surface area contributed by atoms with Gasteiger partial charge in [-0.25, -0.2) is 8.78 Å². The van der Waals surface area contributed by atoms with Gasteiger partial charge in [0.25, 0.3) is 0 Å². The van der Waals surface area contributed by atoms with Crippen LogP contribution in [-0.4, -0.2) is 17.9 Å². The van der Waals surface area contributed by atoms with Crippen molar-refractivity contribution in [2.45, 2.75) is 25.8 Å². The van der Waals surface area contributed by atoms with Crippen LogP contribution in [0.1, 0.15) is 30.5 Å². The molecule has 0 aliphatic heterocycles. The highest BCUT2D eigenvalue weighted by molar-refractivity contribution is 6.30. The lowest BCUT2D eigenvalue weighted by molar-refractivity contribution is -0.131. The minimum atomic E-state index is -0.539. The van der Waals surface area contributed by atoms with Crippen molar-refractivity contribution in [3.05, 3.63) is 70.2 Å². The first kappa shape index (κ1) is 17.4. The molecule has 2 aromatic rings. The summed E-state index contributed by atoms with van der Waals surface area (Å²) in [5, 5.41) is 0.646. The lowest BCUT2D eigenvalue weighted by atomic mass is 10.0. The molecular formula is C18H18ClF2NO. The van der Waals surface area contributed by atoms with E-state index in [2.05, 4.69) is 0 Å². The summed E-state index contributed by atoms with van der Waals surface area (Å²) in [7, 11) is 1.60. The fraction of sp³-hybridized carbons (Fsp3) is 0.278. The first-order chi connectivity index (χ1) is 10.9. The van der Waals surface area contributed by atoms with Gasteiger partial charge in [0.1, 0.15) is 11.6 Å². The number of amides is 1. The largest absolute Gasteiger partial charge is 0.339 e. The third-order valence-corrected chi connectivity index (χ3v) is 4.18. The summed E-state index contributed by atoms with van der Waals surface area (Å²) in [5.74, 6) is -1.16. The van der Waals surface area contributed by atoms with Crippen LogP contribution in [0.25, 0.3) is 0 Å². The minimum absolute atomic E-state index is 0.129. The van der Waals surface area contributed by atoms with Crippen LogP contribution in [0.4, 0.5) is 8.78 Å². The van der Waals surface area contributed by atoms with Crippen molar-refractivity contribution in [3.63, 3.8) is 0 Å². The van der Waals surface area contributed by atoms with Gasteiger partial charge in [-0.3, -0.25) is 4.79 Å². The second-order valence-electron chi connectivity index (χ2n) is 5.47. The first-order valence-corrected chi connectivity index (χ1v) is 7.71. The van der Waals surface area contributed by atoms with Crippen LogP contribution in [0.3, 0.4) is 0 Å². The van der Waals surface area contributed by atoms with Crippen LogP contribution in [0.2, 0.25) is 5.02 Å². The Balaban J connectivity index is 2.01. The van der Waals surface area contributed by atoms with E-state index in [9.17, 15) is 13.6 Å². The smallest absolute Gasteiger partial charge is 0.223 e. The molecule has 5 heteroatoms. The van der Waals surface area contributed by atoms with Gasteiger partial charge < -0.3 is 4.90 Å². The molecule has 0 aromatic heterocycles. The van der Waals surface area contributed by atoms with Crippen molar-refractivity contribution in [2.24, 2.45) is 0 Å². The molecule has 0 N–H and O–H groups in total. The highest BCUT2D eigenvalue weighted by Gasteiger charge is 2.20. The number of benzene rings is 2. The van der Waals surface area contributed by atoms with Gasteiger partial charge in [-0.2, -0.15) is 0 Å². The first-order valence-electron chi connectivity index (χ1n) is 7.33. The van der Waals surface area contributed by atoms with Crippen LogP contribution in [0, 0.1) is 11.6 Å². The monoisotopic (exact) mass is 337 g/mol. The molecule has 1 unspecified atom stereocenters. The highest BCUT2D eigenvalue weighted by Crippen LogP contribution is 2.23. The molecule has 1 atom stereocenters. The maximum atomic E-state index is 13.8. The summed E-state index contributed by atoms with van der Waals surface area (Å²) in [5.41, 5.74) is 1.17. The van der Waals surface area contributed by atoms with Gasteiger partial charge in [0, 0.05) is 24.1 Å². The number of hydrogen-bond acceptors (Lipinski definition) is 1. The molecule has 0 spiro atoms. The molecule has 0 fully saturated rings. The normalized spacial score (nSPS) is 12.0. The maximum Gasteiger partial charge on any atom is 0.223 e. The molecule has 2 nitrogen and oxygen atoms in total. The van der Waals surface area contributed by atoms with Gasteiger partial charge in [0.05, 0.1) is 6.04 Å². The van der Waals surface area contributed by atoms with Gasteiger partial charge in [-0.15, -0.1) is 0 Å². The Labute approximate surface area is 139 Å². The van der Waals surface area contributed by atoms with Crippen molar-refractivity contribution in [2.75, 3.05) is 7.05 Å². The topological polar surface area (TPSA) is 20.3 Å². The zero-order chi connectivity index (χ0) is 17.0. The SMILES string of the molecule is CC(c1cc(F)ccc1F)N(C)C(=O)CCc1ccc(Cl)cc1. The second-order valence-corrected chi connectivity index (χ2v) is 5.91. The van der Waals surface area contributed by atoms with Crippen molar-refractivity contribution >= 4 is 17.5 Å². The van der Waals surface area contributed by atoms with Crippen LogP contribution in [0.15, 0.2) is 42.5 Å². The van der Waals surface area contributed by atoms with Crippen LogP contribution in [-0.2, 0) is 11.2 Å². The molecule has 0 saturated carbocycles. The number of halogens is 3. The van der Waals surface area contributed by atoms with E-state index in [0.29, 0.717) is 17.9 Å². The standard InChI is InChI=1S/C18H18ClF2NO/c1-12(16-11-15(20)8-9-17(16)21)22(2)18(23)10-5-13-3-6-14(19)7-4-13/h3-4,6-9,11-12H,5,10H2,1-2H3. The summed E-state index contributed by atoms with van der Waals surface area (Å²) in [6, 6.07) is 10.0. The quantitative estimate of drug-likeness (QED) is 0.769. The Morgan fingerprint density at radius 3 is 2.48 bits per heavy atom. The summed E-state index contributed by atoms with van der Waals surface area (Å²) < 4.78 is 27.1. The zero-order valence-electron chi connectivity index (χ0n) is 13.0. The van der Waals surface area contributed by atoms with E-state index in [4.69, 9.17) is 11.6 Å². The summed E-state index contributed by atoms with van der Waals surface area (Å²) in [6.45, 7) is 1.68. The number of nitrogens with zero attached hydrogens (tertiary/aromatic N) is 1. The Bertz CT molecular complexity index is 688. The third kappa shape index (κ3) is 4.52. The van der Waals surface area contributed by atoms with E-state index < -0.39 is 17.7 Å². The van der Waals surface area contributed by atoms with Crippen LogP contribution < -0.4 is 0 Å². The number of hydrogen-bond donors (Lipinski definition) is 0. The lowest BCUT2D eigenvalue weighted by Crippen LogP contribution is -2.30. The molecule has 0 saturated heterocycles. The molecule has 122 valence electrons. The van der Waals surface area contributed by atoms with Gasteiger partial charge in [0.2, 0.25) is 5.91 Å². The van der Waals surface area contributed by atoms with E-state index in [1.165, 1.54) is 4.90 Å². The molecule has 0 heterocycles. The Morgan fingerprint density at radius 2 is 1.83 bits per heavy atom. The van der Waals surface area contributed by atoms with Crippen molar-refractivity contribution < 1.29 is 13.6 Å². The fourth-order valence-electron chi connectivity index (χ4n) is 2.34. The number of aryl methyl sites for hydroxylation is 1. The molecule has 0 radical (unpaired) electrons. The van der Waals surface area contributed by atoms with E-state index >= 15 is 0 Å². The molecular weight excluding hydrogens is 320 g/mol. The molecule has 0 aliphatic carbocycles. The maximum absolute atomic E-state index is 13.8. The highest BCUT2D eigenvalue weighted by atomic mass is 35.5. The molecule has 0 aliphatic rings. The molecule has 1 amide bonds. The Morgan fingerprint density at radius 1 is 1.17 bits per heavy atom. The van der Waals surface area contributed by atoms with Gasteiger partial charge in [0.15, 0.2) is 0 Å². The second kappa shape index (κ2) is 7.55. The predicted molar refractivity (Wildman–Crippen MR) is 87.3 cm³/mol. The average Bonchev–Trinajstić information content (AvgIpc) is 2.55. The Kier molecular flexibility index (Phi) is 5.72. The van der Waals surface area contributed by atoms with Crippen LogP contribution in [0.5, 0.6) is 0 Å². The van der Waals surface area contributed by atoms with E-state index in [0.717, 1.165) is 23.8 Å². The predicted octanol–water partition coefficient (Wildman–Crippen LogP) is 4.77. The number of carbonyl (C=O) groups is 1. The molecule has 0 bridgehead atoms. The van der Waals surface area contributed by atoms with Gasteiger partial charge in [-0.05, 0) is 49.2 Å². The summed E-state index contributed by atoms with van der Waals surface area (Å²) in [6.07, 6.45) is 0.859. The molecule has 2 aromatic carbocycles. The van der Waals surface area contributed by atoms with Crippen molar-refractivity contribution in [3.8, 4) is 0 Å². The van der Waals surface area contributed by atoms with Gasteiger partial charge in [-0.1, -0.05) is 23.7 Å². The van der Waals surface area contributed by atoms with Gasteiger partial charge >= 0.3 is 0 Å². The van der Waals surface area contributed by atoms with E-state index in [1.807, 2.05) is 12.1 Å².